The van der Waals surface area contributed by atoms with Crippen LogP contribution in [0.25, 0.3) is 0 Å². The number of rotatable bonds is 8. The zero-order chi connectivity index (χ0) is 14.1. The average molecular weight is 264 g/mol. The highest BCUT2D eigenvalue weighted by Gasteiger charge is 2.01. The van der Waals surface area contributed by atoms with E-state index in [4.69, 9.17) is 5.11 Å². The van der Waals surface area contributed by atoms with Gasteiger partial charge in [-0.15, -0.1) is 0 Å². The van der Waals surface area contributed by atoms with Crippen LogP contribution >= 0.6 is 0 Å². The number of nitrogens with one attached hydrogen (secondary N) is 2. The highest BCUT2D eigenvalue weighted by Crippen LogP contribution is 2.05. The van der Waals surface area contributed by atoms with Crippen LogP contribution in [0.15, 0.2) is 24.3 Å². The fourth-order valence-corrected chi connectivity index (χ4v) is 1.70. The largest absolute Gasteiger partial charge is 0.392 e. The third kappa shape index (κ3) is 7.59. The van der Waals surface area contributed by atoms with Gasteiger partial charge in [0.2, 0.25) is 5.91 Å². The second-order valence-corrected chi connectivity index (χ2v) is 4.89. The predicted octanol–water partition coefficient (Wildman–Crippen LogP) is 1.01. The molecule has 0 saturated carbocycles. The summed E-state index contributed by atoms with van der Waals surface area (Å²) in [6.07, 6.45) is 0.935. The summed E-state index contributed by atoms with van der Waals surface area (Å²) in [6.45, 7) is 5.61. The molecular weight excluding hydrogens is 240 g/mol. The fourth-order valence-electron chi connectivity index (χ4n) is 1.70. The van der Waals surface area contributed by atoms with Crippen LogP contribution < -0.4 is 10.6 Å². The van der Waals surface area contributed by atoms with Gasteiger partial charge in [0.15, 0.2) is 0 Å². The van der Waals surface area contributed by atoms with E-state index < -0.39 is 0 Å². The number of aryl methyl sites for hydroxylation is 2. The summed E-state index contributed by atoms with van der Waals surface area (Å²) in [5.74, 6) is 0.0689. The third-order valence-corrected chi connectivity index (χ3v) is 2.83. The van der Waals surface area contributed by atoms with E-state index in [1.807, 2.05) is 0 Å². The molecule has 106 valence electrons. The van der Waals surface area contributed by atoms with Gasteiger partial charge in [0.05, 0.1) is 6.10 Å². The Kier molecular flexibility index (Phi) is 7.15. The van der Waals surface area contributed by atoms with E-state index >= 15 is 0 Å². The van der Waals surface area contributed by atoms with Gasteiger partial charge < -0.3 is 15.7 Å². The van der Waals surface area contributed by atoms with Gasteiger partial charge in [-0.25, -0.2) is 0 Å². The Bertz CT molecular complexity index is 374. The topological polar surface area (TPSA) is 61.4 Å². The molecule has 3 N–H and O–H groups in total. The number of amides is 1. The Morgan fingerprint density at radius 1 is 1.26 bits per heavy atom. The van der Waals surface area contributed by atoms with Gasteiger partial charge in [-0.1, -0.05) is 29.8 Å². The average Bonchev–Trinajstić information content (AvgIpc) is 2.37. The minimum absolute atomic E-state index is 0.0689. The lowest BCUT2D eigenvalue weighted by Gasteiger charge is -2.08. The lowest BCUT2D eigenvalue weighted by molar-refractivity contribution is -0.121. The van der Waals surface area contributed by atoms with Crippen molar-refractivity contribution in [1.82, 2.24) is 10.6 Å². The van der Waals surface area contributed by atoms with Crippen LogP contribution in [0.1, 0.15) is 24.5 Å². The molecule has 0 aliphatic rings. The molecule has 0 spiro atoms. The minimum atomic E-state index is -0.350. The summed E-state index contributed by atoms with van der Waals surface area (Å²) in [6, 6.07) is 8.25. The van der Waals surface area contributed by atoms with Crippen LogP contribution in [0.2, 0.25) is 0 Å². The maximum Gasteiger partial charge on any atom is 0.220 e. The van der Waals surface area contributed by atoms with Crippen LogP contribution in [0, 0.1) is 6.92 Å². The lowest BCUT2D eigenvalue weighted by Crippen LogP contribution is -2.34. The van der Waals surface area contributed by atoms with Crippen molar-refractivity contribution in [2.45, 2.75) is 32.8 Å². The Morgan fingerprint density at radius 3 is 2.58 bits per heavy atom. The van der Waals surface area contributed by atoms with E-state index in [2.05, 4.69) is 41.8 Å². The van der Waals surface area contributed by atoms with Crippen molar-refractivity contribution in [3.63, 3.8) is 0 Å². The molecule has 1 aromatic carbocycles. The molecule has 0 aliphatic heterocycles. The van der Waals surface area contributed by atoms with Crippen molar-refractivity contribution in [1.29, 1.82) is 0 Å². The van der Waals surface area contributed by atoms with Gasteiger partial charge in [-0.05, 0) is 25.8 Å². The van der Waals surface area contributed by atoms with Gasteiger partial charge >= 0.3 is 0 Å². The molecule has 4 heteroatoms. The normalized spacial score (nSPS) is 12.2. The number of aliphatic hydroxyl groups excluding tert-OH is 1. The first kappa shape index (κ1) is 15.7. The summed E-state index contributed by atoms with van der Waals surface area (Å²) in [5.41, 5.74) is 2.42. The van der Waals surface area contributed by atoms with Crippen LogP contribution in [0.5, 0.6) is 0 Å². The lowest BCUT2D eigenvalue weighted by atomic mass is 10.1. The summed E-state index contributed by atoms with van der Waals surface area (Å²) in [5, 5.41) is 15.0. The molecule has 1 rings (SSSR count). The van der Waals surface area contributed by atoms with E-state index in [1.165, 1.54) is 11.1 Å². The third-order valence-electron chi connectivity index (χ3n) is 2.83. The van der Waals surface area contributed by atoms with E-state index in [0.717, 1.165) is 6.42 Å². The van der Waals surface area contributed by atoms with Crippen LogP contribution in [-0.2, 0) is 11.2 Å². The highest BCUT2D eigenvalue weighted by molar-refractivity contribution is 5.76. The standard InChI is InChI=1S/C15H24N2O2/c1-12-3-5-14(6-4-12)7-8-15(19)17-10-9-16-11-13(2)18/h3-6,13,16,18H,7-11H2,1-2H3,(H,17,19). The monoisotopic (exact) mass is 264 g/mol. The second kappa shape index (κ2) is 8.67. The van der Waals surface area contributed by atoms with Crippen molar-refractivity contribution in [2.75, 3.05) is 19.6 Å². The number of hydrogen-bond donors (Lipinski definition) is 3. The smallest absolute Gasteiger partial charge is 0.220 e. The molecule has 1 aromatic rings. The number of benzene rings is 1. The molecule has 0 aliphatic carbocycles. The molecule has 19 heavy (non-hydrogen) atoms. The van der Waals surface area contributed by atoms with Gasteiger partial charge in [0, 0.05) is 26.1 Å². The maximum atomic E-state index is 11.6. The van der Waals surface area contributed by atoms with Gasteiger partial charge in [0.25, 0.3) is 0 Å². The van der Waals surface area contributed by atoms with Gasteiger partial charge in [-0.3, -0.25) is 4.79 Å². The van der Waals surface area contributed by atoms with Crippen LogP contribution in [0.4, 0.5) is 0 Å². The molecule has 0 bridgehead atoms. The molecule has 1 atom stereocenters. The first-order valence-corrected chi connectivity index (χ1v) is 6.79. The summed E-state index contributed by atoms with van der Waals surface area (Å²) in [7, 11) is 0. The van der Waals surface area contributed by atoms with Crippen molar-refractivity contribution < 1.29 is 9.90 Å². The van der Waals surface area contributed by atoms with E-state index in [0.29, 0.717) is 26.1 Å². The van der Waals surface area contributed by atoms with Crippen molar-refractivity contribution in [3.8, 4) is 0 Å². The van der Waals surface area contributed by atoms with Crippen molar-refractivity contribution in [2.24, 2.45) is 0 Å². The maximum absolute atomic E-state index is 11.6. The first-order valence-electron chi connectivity index (χ1n) is 6.79. The molecule has 0 heterocycles. The van der Waals surface area contributed by atoms with E-state index in [1.54, 1.807) is 6.92 Å². The molecule has 0 aromatic heterocycles. The molecule has 0 fully saturated rings. The van der Waals surface area contributed by atoms with Crippen molar-refractivity contribution >= 4 is 5.91 Å². The summed E-state index contributed by atoms with van der Waals surface area (Å²) >= 11 is 0. The SMILES string of the molecule is Cc1ccc(CCC(=O)NCCNCC(C)O)cc1. The molecule has 1 amide bonds. The highest BCUT2D eigenvalue weighted by atomic mass is 16.3. The Labute approximate surface area is 115 Å². The first-order chi connectivity index (χ1) is 9.08. The quantitative estimate of drug-likeness (QED) is 0.614. The second-order valence-electron chi connectivity index (χ2n) is 4.89. The van der Waals surface area contributed by atoms with Crippen molar-refractivity contribution in [3.05, 3.63) is 35.4 Å². The molecule has 0 saturated heterocycles. The zero-order valence-electron chi connectivity index (χ0n) is 11.8. The Balaban J connectivity index is 2.09. The summed E-state index contributed by atoms with van der Waals surface area (Å²) < 4.78 is 0. The predicted molar refractivity (Wildman–Crippen MR) is 77.1 cm³/mol. The van der Waals surface area contributed by atoms with E-state index in [9.17, 15) is 4.79 Å². The molecule has 0 radical (unpaired) electrons. The van der Waals surface area contributed by atoms with Gasteiger partial charge in [-0.2, -0.15) is 0 Å². The number of carbonyl (C=O) groups excluding carboxylic acids is 1. The minimum Gasteiger partial charge on any atom is -0.392 e. The Hall–Kier alpha value is -1.39. The zero-order valence-corrected chi connectivity index (χ0v) is 11.8. The number of carbonyl (C=O) groups is 1. The molecule has 4 nitrogen and oxygen atoms in total. The van der Waals surface area contributed by atoms with Crippen LogP contribution in [-0.4, -0.2) is 36.8 Å². The van der Waals surface area contributed by atoms with Crippen LogP contribution in [0.3, 0.4) is 0 Å². The van der Waals surface area contributed by atoms with E-state index in [-0.39, 0.29) is 12.0 Å². The Morgan fingerprint density at radius 2 is 1.95 bits per heavy atom. The number of hydrogen-bond acceptors (Lipinski definition) is 3. The molecule has 1 unspecified atom stereocenters. The number of aliphatic hydroxyl groups is 1. The molecular formula is C15H24N2O2. The fraction of sp³-hybridized carbons (Fsp3) is 0.533. The summed E-state index contributed by atoms with van der Waals surface area (Å²) in [4.78, 5) is 11.6. The van der Waals surface area contributed by atoms with Gasteiger partial charge in [0.1, 0.15) is 0 Å².